The first kappa shape index (κ1) is 15.6. The van der Waals surface area contributed by atoms with Gasteiger partial charge in [0.2, 0.25) is 0 Å². The second-order valence-electron chi connectivity index (χ2n) is 5.05. The molecule has 0 spiro atoms. The van der Waals surface area contributed by atoms with Crippen LogP contribution in [0.4, 0.5) is 5.69 Å². The van der Waals surface area contributed by atoms with Crippen LogP contribution in [-0.4, -0.2) is 12.5 Å². The normalized spacial score (nSPS) is 10.3. The molecular weight excluding hydrogens is 330 g/mol. The number of rotatable bonds is 4. The standard InChI is InChI=1S/C17H18BrNO2/c1-11-4-6-15(9-12(11)2)19-17(20)10-21-16-7-5-14(18)8-13(16)3/h4-9H,10H2,1-3H3,(H,19,20). The van der Waals surface area contributed by atoms with E-state index < -0.39 is 0 Å². The summed E-state index contributed by atoms with van der Waals surface area (Å²) in [6.07, 6.45) is 0. The number of carbonyl (C=O) groups is 1. The summed E-state index contributed by atoms with van der Waals surface area (Å²) in [5.74, 6) is 0.550. The summed E-state index contributed by atoms with van der Waals surface area (Å²) in [6.45, 7) is 6.00. The minimum Gasteiger partial charge on any atom is -0.483 e. The van der Waals surface area contributed by atoms with E-state index in [1.807, 2.05) is 57.2 Å². The highest BCUT2D eigenvalue weighted by molar-refractivity contribution is 9.10. The van der Waals surface area contributed by atoms with Gasteiger partial charge in [0.05, 0.1) is 0 Å². The third-order valence-electron chi connectivity index (χ3n) is 3.29. The summed E-state index contributed by atoms with van der Waals surface area (Å²) in [7, 11) is 0. The van der Waals surface area contributed by atoms with Gasteiger partial charge in [-0.05, 0) is 67.8 Å². The predicted molar refractivity (Wildman–Crippen MR) is 88.9 cm³/mol. The number of carbonyl (C=O) groups excluding carboxylic acids is 1. The first-order valence-electron chi connectivity index (χ1n) is 6.72. The van der Waals surface area contributed by atoms with E-state index in [-0.39, 0.29) is 12.5 Å². The summed E-state index contributed by atoms with van der Waals surface area (Å²) < 4.78 is 6.54. The van der Waals surface area contributed by atoms with Crippen molar-refractivity contribution in [2.45, 2.75) is 20.8 Å². The highest BCUT2D eigenvalue weighted by atomic mass is 79.9. The molecule has 0 atom stereocenters. The van der Waals surface area contributed by atoms with Crippen LogP contribution in [0.3, 0.4) is 0 Å². The SMILES string of the molecule is Cc1ccc(NC(=O)COc2ccc(Br)cc2C)cc1C. The van der Waals surface area contributed by atoms with Crippen LogP contribution in [-0.2, 0) is 4.79 Å². The van der Waals surface area contributed by atoms with Gasteiger partial charge in [0, 0.05) is 10.2 Å². The first-order valence-corrected chi connectivity index (χ1v) is 7.51. The topological polar surface area (TPSA) is 38.3 Å². The lowest BCUT2D eigenvalue weighted by atomic mass is 10.1. The Morgan fingerprint density at radius 2 is 1.81 bits per heavy atom. The summed E-state index contributed by atoms with van der Waals surface area (Å²) in [5.41, 5.74) is 4.13. The van der Waals surface area contributed by atoms with E-state index in [1.165, 1.54) is 5.56 Å². The van der Waals surface area contributed by atoms with E-state index in [0.29, 0.717) is 5.75 Å². The van der Waals surface area contributed by atoms with E-state index >= 15 is 0 Å². The number of amides is 1. The smallest absolute Gasteiger partial charge is 0.262 e. The molecule has 0 saturated carbocycles. The van der Waals surface area contributed by atoms with Crippen molar-refractivity contribution in [2.24, 2.45) is 0 Å². The van der Waals surface area contributed by atoms with Crippen molar-refractivity contribution in [2.75, 3.05) is 11.9 Å². The van der Waals surface area contributed by atoms with Crippen molar-refractivity contribution < 1.29 is 9.53 Å². The molecule has 0 radical (unpaired) electrons. The molecule has 3 nitrogen and oxygen atoms in total. The Hall–Kier alpha value is -1.81. The minimum absolute atomic E-state index is 0.00457. The highest BCUT2D eigenvalue weighted by Gasteiger charge is 2.06. The minimum atomic E-state index is -0.166. The van der Waals surface area contributed by atoms with Crippen LogP contribution < -0.4 is 10.1 Å². The lowest BCUT2D eigenvalue weighted by Gasteiger charge is -2.10. The molecule has 0 saturated heterocycles. The van der Waals surface area contributed by atoms with Crippen molar-refractivity contribution in [1.29, 1.82) is 0 Å². The number of benzene rings is 2. The van der Waals surface area contributed by atoms with Crippen molar-refractivity contribution in [3.63, 3.8) is 0 Å². The van der Waals surface area contributed by atoms with Gasteiger partial charge < -0.3 is 10.1 Å². The fraction of sp³-hybridized carbons (Fsp3) is 0.235. The molecule has 2 aromatic carbocycles. The number of halogens is 1. The van der Waals surface area contributed by atoms with Crippen molar-refractivity contribution >= 4 is 27.5 Å². The maximum Gasteiger partial charge on any atom is 0.262 e. The molecule has 0 aliphatic carbocycles. The second kappa shape index (κ2) is 6.76. The summed E-state index contributed by atoms with van der Waals surface area (Å²) in [5, 5.41) is 2.84. The van der Waals surface area contributed by atoms with Gasteiger partial charge in [0.15, 0.2) is 6.61 Å². The fourth-order valence-corrected chi connectivity index (χ4v) is 2.41. The number of hydrogen-bond acceptors (Lipinski definition) is 2. The summed E-state index contributed by atoms with van der Waals surface area (Å²) in [6, 6.07) is 11.5. The van der Waals surface area contributed by atoms with Gasteiger partial charge in [0.25, 0.3) is 5.91 Å². The molecule has 110 valence electrons. The Kier molecular flexibility index (Phi) is 5.02. The lowest BCUT2D eigenvalue weighted by Crippen LogP contribution is -2.20. The Morgan fingerprint density at radius 1 is 1.05 bits per heavy atom. The Balaban J connectivity index is 1.94. The highest BCUT2D eigenvalue weighted by Crippen LogP contribution is 2.22. The third kappa shape index (κ3) is 4.33. The monoisotopic (exact) mass is 347 g/mol. The third-order valence-corrected chi connectivity index (χ3v) is 3.78. The number of anilines is 1. The first-order chi connectivity index (χ1) is 9.95. The van der Waals surface area contributed by atoms with Crippen LogP contribution in [0.2, 0.25) is 0 Å². The van der Waals surface area contributed by atoms with Crippen LogP contribution in [0.1, 0.15) is 16.7 Å². The molecule has 4 heteroatoms. The zero-order valence-corrected chi connectivity index (χ0v) is 14.0. The van der Waals surface area contributed by atoms with E-state index in [0.717, 1.165) is 21.3 Å². The van der Waals surface area contributed by atoms with E-state index in [2.05, 4.69) is 21.2 Å². The van der Waals surface area contributed by atoms with Crippen molar-refractivity contribution in [3.05, 3.63) is 57.6 Å². The molecule has 21 heavy (non-hydrogen) atoms. The summed E-state index contributed by atoms with van der Waals surface area (Å²) >= 11 is 3.40. The maximum atomic E-state index is 11.9. The van der Waals surface area contributed by atoms with E-state index in [9.17, 15) is 4.79 Å². The molecule has 0 bridgehead atoms. The molecule has 0 aliphatic heterocycles. The van der Waals surface area contributed by atoms with Gasteiger partial charge in [-0.15, -0.1) is 0 Å². The molecule has 0 unspecified atom stereocenters. The van der Waals surface area contributed by atoms with Crippen molar-refractivity contribution in [1.82, 2.24) is 0 Å². The largest absolute Gasteiger partial charge is 0.483 e. The predicted octanol–water partition coefficient (Wildman–Crippen LogP) is 4.39. The van der Waals surface area contributed by atoms with E-state index in [4.69, 9.17) is 4.74 Å². The molecular formula is C17H18BrNO2. The molecule has 2 rings (SSSR count). The molecule has 0 aromatic heterocycles. The van der Waals surface area contributed by atoms with Crippen LogP contribution in [0.5, 0.6) is 5.75 Å². The molecule has 1 N–H and O–H groups in total. The Labute approximate surface area is 133 Å². The molecule has 1 amide bonds. The van der Waals surface area contributed by atoms with Crippen LogP contribution in [0.15, 0.2) is 40.9 Å². The second-order valence-corrected chi connectivity index (χ2v) is 5.96. The number of hydrogen-bond donors (Lipinski definition) is 1. The van der Waals surface area contributed by atoms with Gasteiger partial charge in [-0.25, -0.2) is 0 Å². The van der Waals surface area contributed by atoms with Gasteiger partial charge in [-0.3, -0.25) is 4.79 Å². The van der Waals surface area contributed by atoms with E-state index in [1.54, 1.807) is 0 Å². The van der Waals surface area contributed by atoms with Crippen LogP contribution in [0.25, 0.3) is 0 Å². The molecule has 0 fully saturated rings. The Bertz CT molecular complexity index is 668. The quantitative estimate of drug-likeness (QED) is 0.890. The molecule has 0 aliphatic rings. The number of aryl methyl sites for hydroxylation is 3. The average Bonchev–Trinajstić information content (AvgIpc) is 2.42. The fourth-order valence-electron chi connectivity index (χ4n) is 1.93. The number of ether oxygens (including phenoxy) is 1. The average molecular weight is 348 g/mol. The van der Waals surface area contributed by atoms with Gasteiger partial charge in [-0.1, -0.05) is 22.0 Å². The lowest BCUT2D eigenvalue weighted by molar-refractivity contribution is -0.118. The van der Waals surface area contributed by atoms with Gasteiger partial charge in [-0.2, -0.15) is 0 Å². The summed E-state index contributed by atoms with van der Waals surface area (Å²) in [4.78, 5) is 11.9. The molecule has 2 aromatic rings. The zero-order chi connectivity index (χ0) is 15.4. The van der Waals surface area contributed by atoms with Crippen molar-refractivity contribution in [3.8, 4) is 5.75 Å². The van der Waals surface area contributed by atoms with Gasteiger partial charge in [0.1, 0.15) is 5.75 Å². The zero-order valence-electron chi connectivity index (χ0n) is 12.4. The van der Waals surface area contributed by atoms with Crippen LogP contribution >= 0.6 is 15.9 Å². The van der Waals surface area contributed by atoms with Crippen LogP contribution in [0, 0.1) is 20.8 Å². The number of nitrogens with one attached hydrogen (secondary N) is 1. The Morgan fingerprint density at radius 3 is 2.48 bits per heavy atom. The molecule has 0 heterocycles. The van der Waals surface area contributed by atoms with Gasteiger partial charge >= 0.3 is 0 Å². The maximum absolute atomic E-state index is 11.9.